The van der Waals surface area contributed by atoms with Crippen molar-refractivity contribution in [2.45, 2.75) is 45.1 Å². The Balaban J connectivity index is 1.73. The topological polar surface area (TPSA) is 32.8 Å². The van der Waals surface area contributed by atoms with Crippen LogP contribution >= 0.6 is 0 Å². The summed E-state index contributed by atoms with van der Waals surface area (Å²) < 4.78 is 5.24. The number of fused-ring (bicyclic) bond motifs is 1. The van der Waals surface area contributed by atoms with E-state index in [2.05, 4.69) is 16.7 Å². The van der Waals surface area contributed by atoms with Crippen molar-refractivity contribution in [2.24, 2.45) is 0 Å². The molecule has 2 heterocycles. The van der Waals surface area contributed by atoms with Crippen molar-refractivity contribution in [3.05, 3.63) is 0 Å². The van der Waals surface area contributed by atoms with Crippen molar-refractivity contribution in [1.29, 1.82) is 0 Å². The van der Waals surface area contributed by atoms with E-state index in [-0.39, 0.29) is 5.97 Å². The van der Waals surface area contributed by atoms with Crippen LogP contribution in [0.25, 0.3) is 0 Å². The molecule has 0 amide bonds. The summed E-state index contributed by atoms with van der Waals surface area (Å²) in [6.45, 7) is 7.70. The van der Waals surface area contributed by atoms with E-state index in [9.17, 15) is 4.79 Å². The van der Waals surface area contributed by atoms with Crippen LogP contribution in [0.5, 0.6) is 0 Å². The molecule has 18 heavy (non-hydrogen) atoms. The maximum Gasteiger partial charge on any atom is 0.320 e. The number of nitrogens with zero attached hydrogens (tertiary/aromatic N) is 2. The van der Waals surface area contributed by atoms with Gasteiger partial charge in [-0.15, -0.1) is 0 Å². The van der Waals surface area contributed by atoms with E-state index in [1.54, 1.807) is 0 Å². The predicted octanol–water partition coefficient (Wildman–Crippen LogP) is 1.50. The second-order valence-electron chi connectivity index (χ2n) is 5.49. The van der Waals surface area contributed by atoms with E-state index in [1.807, 2.05) is 0 Å². The number of unbranched alkanes of at least 4 members (excludes halogenated alkanes) is 1. The van der Waals surface area contributed by atoms with Gasteiger partial charge in [0.05, 0.1) is 13.2 Å². The van der Waals surface area contributed by atoms with E-state index < -0.39 is 0 Å². The van der Waals surface area contributed by atoms with Crippen molar-refractivity contribution in [1.82, 2.24) is 9.80 Å². The van der Waals surface area contributed by atoms with Gasteiger partial charge in [-0.25, -0.2) is 0 Å². The van der Waals surface area contributed by atoms with Crippen LogP contribution in [0.4, 0.5) is 0 Å². The molecule has 1 atom stereocenters. The van der Waals surface area contributed by atoms with Crippen molar-refractivity contribution in [3.8, 4) is 0 Å². The largest absolute Gasteiger partial charge is 0.465 e. The number of hydrogen-bond acceptors (Lipinski definition) is 4. The molecule has 104 valence electrons. The molecular weight excluding hydrogens is 228 g/mol. The normalized spacial score (nSPS) is 25.7. The Kier molecular flexibility index (Phi) is 5.45. The molecule has 2 fully saturated rings. The molecule has 0 spiro atoms. The Bertz CT molecular complexity index is 271. The summed E-state index contributed by atoms with van der Waals surface area (Å²) in [4.78, 5) is 16.6. The lowest BCUT2D eigenvalue weighted by atomic mass is 10.2. The van der Waals surface area contributed by atoms with Crippen molar-refractivity contribution in [3.63, 3.8) is 0 Å². The molecule has 2 aliphatic heterocycles. The third-order valence-electron chi connectivity index (χ3n) is 4.00. The van der Waals surface area contributed by atoms with Gasteiger partial charge >= 0.3 is 5.97 Å². The van der Waals surface area contributed by atoms with Crippen molar-refractivity contribution >= 4 is 5.97 Å². The Morgan fingerprint density at radius 3 is 2.94 bits per heavy atom. The molecule has 4 nitrogen and oxygen atoms in total. The Hall–Kier alpha value is -0.610. The van der Waals surface area contributed by atoms with Gasteiger partial charge in [0.1, 0.15) is 0 Å². The summed E-state index contributed by atoms with van der Waals surface area (Å²) in [5, 5.41) is 0. The predicted molar refractivity (Wildman–Crippen MR) is 71.5 cm³/mol. The second kappa shape index (κ2) is 7.10. The third kappa shape index (κ3) is 3.95. The molecule has 0 aromatic rings. The highest BCUT2D eigenvalue weighted by atomic mass is 16.5. The smallest absolute Gasteiger partial charge is 0.320 e. The molecule has 4 heteroatoms. The molecule has 0 N–H and O–H groups in total. The van der Waals surface area contributed by atoms with Crippen LogP contribution in [-0.2, 0) is 9.53 Å². The zero-order valence-electron chi connectivity index (χ0n) is 11.6. The first-order valence-electron chi connectivity index (χ1n) is 7.41. The highest BCUT2D eigenvalue weighted by Crippen LogP contribution is 2.21. The van der Waals surface area contributed by atoms with Crippen LogP contribution < -0.4 is 0 Å². The number of carbonyl (C=O) groups is 1. The summed E-state index contributed by atoms with van der Waals surface area (Å²) in [6, 6.07) is 0.677. The fraction of sp³-hybridized carbons (Fsp3) is 0.929. The lowest BCUT2D eigenvalue weighted by Gasteiger charge is -2.24. The minimum absolute atomic E-state index is 0.0464. The van der Waals surface area contributed by atoms with Crippen LogP contribution in [0.15, 0.2) is 0 Å². The summed E-state index contributed by atoms with van der Waals surface area (Å²) in [7, 11) is 0. The van der Waals surface area contributed by atoms with E-state index >= 15 is 0 Å². The summed E-state index contributed by atoms with van der Waals surface area (Å²) >= 11 is 0. The maximum atomic E-state index is 11.7. The average molecular weight is 254 g/mol. The Labute approximate surface area is 110 Å². The minimum Gasteiger partial charge on any atom is -0.465 e. The van der Waals surface area contributed by atoms with Gasteiger partial charge in [0.15, 0.2) is 0 Å². The van der Waals surface area contributed by atoms with Gasteiger partial charge in [-0.3, -0.25) is 14.6 Å². The lowest BCUT2D eigenvalue weighted by molar-refractivity contribution is -0.145. The maximum absolute atomic E-state index is 11.7. The molecule has 0 radical (unpaired) electrons. The van der Waals surface area contributed by atoms with Gasteiger partial charge in [-0.1, -0.05) is 13.3 Å². The SMILES string of the molecule is CCCCOC(=O)CN1CCCN2CCCC2C1. The first-order chi connectivity index (χ1) is 8.79. The molecule has 0 aromatic heterocycles. The molecule has 0 aliphatic carbocycles. The van der Waals surface area contributed by atoms with Crippen LogP contribution in [0.2, 0.25) is 0 Å². The second-order valence-corrected chi connectivity index (χ2v) is 5.49. The minimum atomic E-state index is -0.0464. The first kappa shape index (κ1) is 13.8. The number of carbonyl (C=O) groups excluding carboxylic acids is 1. The van der Waals surface area contributed by atoms with Crippen LogP contribution in [0.3, 0.4) is 0 Å². The number of esters is 1. The fourth-order valence-corrected chi connectivity index (χ4v) is 2.99. The zero-order chi connectivity index (χ0) is 12.8. The molecule has 2 rings (SSSR count). The number of hydrogen-bond donors (Lipinski definition) is 0. The van der Waals surface area contributed by atoms with Gasteiger partial charge in [0.2, 0.25) is 0 Å². The molecule has 0 saturated carbocycles. The van der Waals surface area contributed by atoms with E-state index in [0.717, 1.165) is 25.9 Å². The van der Waals surface area contributed by atoms with Crippen molar-refractivity contribution < 1.29 is 9.53 Å². The molecule has 2 saturated heterocycles. The van der Waals surface area contributed by atoms with E-state index in [0.29, 0.717) is 19.2 Å². The fourth-order valence-electron chi connectivity index (χ4n) is 2.99. The van der Waals surface area contributed by atoms with Gasteiger partial charge in [0.25, 0.3) is 0 Å². The first-order valence-corrected chi connectivity index (χ1v) is 7.41. The average Bonchev–Trinajstić information content (AvgIpc) is 2.69. The van der Waals surface area contributed by atoms with Crippen LogP contribution in [-0.4, -0.2) is 61.1 Å². The number of rotatable bonds is 5. The van der Waals surface area contributed by atoms with Gasteiger partial charge < -0.3 is 4.74 Å². The Morgan fingerprint density at radius 1 is 1.28 bits per heavy atom. The summed E-state index contributed by atoms with van der Waals surface area (Å²) in [5.74, 6) is -0.0464. The molecule has 0 bridgehead atoms. The number of ether oxygens (including phenoxy) is 1. The highest BCUT2D eigenvalue weighted by molar-refractivity contribution is 5.71. The summed E-state index contributed by atoms with van der Waals surface area (Å²) in [5.41, 5.74) is 0. The standard InChI is InChI=1S/C14H26N2O2/c1-2-3-10-18-14(17)12-15-7-5-9-16-8-4-6-13(16)11-15/h13H,2-12H2,1H3. The molecule has 2 aliphatic rings. The highest BCUT2D eigenvalue weighted by Gasteiger charge is 2.29. The summed E-state index contributed by atoms with van der Waals surface area (Å²) in [6.07, 6.45) is 5.84. The van der Waals surface area contributed by atoms with Crippen molar-refractivity contribution in [2.75, 3.05) is 39.3 Å². The van der Waals surface area contributed by atoms with E-state index in [1.165, 1.54) is 32.4 Å². The van der Waals surface area contributed by atoms with Crippen LogP contribution in [0, 0.1) is 0 Å². The lowest BCUT2D eigenvalue weighted by Crippen LogP contribution is -2.39. The van der Waals surface area contributed by atoms with E-state index in [4.69, 9.17) is 4.74 Å². The third-order valence-corrected chi connectivity index (χ3v) is 4.00. The zero-order valence-corrected chi connectivity index (χ0v) is 11.6. The monoisotopic (exact) mass is 254 g/mol. The molecule has 0 aromatic carbocycles. The molecule has 1 unspecified atom stereocenters. The van der Waals surface area contributed by atoms with Crippen LogP contribution in [0.1, 0.15) is 39.0 Å². The van der Waals surface area contributed by atoms with Gasteiger partial charge in [0, 0.05) is 19.1 Å². The molecular formula is C14H26N2O2. The Morgan fingerprint density at radius 2 is 2.11 bits per heavy atom. The van der Waals surface area contributed by atoms with Gasteiger partial charge in [-0.2, -0.15) is 0 Å². The van der Waals surface area contributed by atoms with Gasteiger partial charge in [-0.05, 0) is 38.8 Å². The quantitative estimate of drug-likeness (QED) is 0.550.